The summed E-state index contributed by atoms with van der Waals surface area (Å²) in [6.07, 6.45) is 0. The van der Waals surface area contributed by atoms with Gasteiger partial charge in [0, 0.05) is 37.0 Å². The lowest BCUT2D eigenvalue weighted by Crippen LogP contribution is -2.28. The minimum Gasteiger partial charge on any atom is -0.369 e. The molecule has 5 heteroatoms. The van der Waals surface area contributed by atoms with Crippen molar-refractivity contribution in [2.75, 3.05) is 18.0 Å². The lowest BCUT2D eigenvalue weighted by molar-refractivity contribution is -0.384. The largest absolute Gasteiger partial charge is 0.369 e. The summed E-state index contributed by atoms with van der Waals surface area (Å²) in [5, 5.41) is 10.7. The number of nitrogens with two attached hydrogens (primary N) is 1. The van der Waals surface area contributed by atoms with Gasteiger partial charge in [0.25, 0.3) is 5.69 Å². The van der Waals surface area contributed by atoms with Crippen LogP contribution in [-0.2, 0) is 0 Å². The van der Waals surface area contributed by atoms with Crippen molar-refractivity contribution >= 4 is 11.4 Å². The number of nitro benzene ring substituents is 1. The zero-order valence-electron chi connectivity index (χ0n) is 9.17. The molecule has 1 aliphatic heterocycles. The quantitative estimate of drug-likeness (QED) is 0.605. The first kappa shape index (κ1) is 10.9. The molecule has 2 unspecified atom stereocenters. The maximum Gasteiger partial charge on any atom is 0.271 e. The van der Waals surface area contributed by atoms with Crippen molar-refractivity contribution in [3.05, 3.63) is 34.4 Å². The molecule has 0 saturated carbocycles. The highest BCUT2D eigenvalue weighted by Crippen LogP contribution is 2.26. The number of rotatable bonds is 2. The van der Waals surface area contributed by atoms with Crippen LogP contribution >= 0.6 is 0 Å². The van der Waals surface area contributed by atoms with E-state index in [1.165, 1.54) is 6.07 Å². The number of non-ortho nitro benzene ring substituents is 1. The summed E-state index contributed by atoms with van der Waals surface area (Å²) < 4.78 is 0. The molecule has 1 aromatic carbocycles. The molecule has 5 nitrogen and oxygen atoms in total. The monoisotopic (exact) mass is 221 g/mol. The van der Waals surface area contributed by atoms with E-state index in [0.717, 1.165) is 18.8 Å². The summed E-state index contributed by atoms with van der Waals surface area (Å²) in [7, 11) is 0. The average molecular weight is 221 g/mol. The summed E-state index contributed by atoms with van der Waals surface area (Å²) in [5.41, 5.74) is 6.94. The molecule has 0 radical (unpaired) electrons. The van der Waals surface area contributed by atoms with Crippen LogP contribution in [0, 0.1) is 16.0 Å². The molecule has 2 N–H and O–H groups in total. The van der Waals surface area contributed by atoms with Crippen LogP contribution < -0.4 is 10.6 Å². The van der Waals surface area contributed by atoms with E-state index in [9.17, 15) is 10.1 Å². The molecule has 0 spiro atoms. The Kier molecular flexibility index (Phi) is 2.78. The number of nitro groups is 1. The van der Waals surface area contributed by atoms with Crippen LogP contribution in [0.3, 0.4) is 0 Å². The molecule has 0 bridgehead atoms. The van der Waals surface area contributed by atoms with Crippen molar-refractivity contribution in [2.45, 2.75) is 13.0 Å². The SMILES string of the molecule is CC1CN(c2cccc([N+](=O)[O-])c2)CC1N. The second kappa shape index (κ2) is 4.09. The Morgan fingerprint density at radius 3 is 2.81 bits per heavy atom. The molecular formula is C11H15N3O2. The van der Waals surface area contributed by atoms with Gasteiger partial charge in [-0.25, -0.2) is 0 Å². The van der Waals surface area contributed by atoms with Crippen LogP contribution in [0.15, 0.2) is 24.3 Å². The molecule has 16 heavy (non-hydrogen) atoms. The van der Waals surface area contributed by atoms with Gasteiger partial charge in [-0.1, -0.05) is 13.0 Å². The van der Waals surface area contributed by atoms with Crippen LogP contribution in [0.2, 0.25) is 0 Å². The van der Waals surface area contributed by atoms with Crippen LogP contribution in [0.5, 0.6) is 0 Å². The lowest BCUT2D eigenvalue weighted by Gasteiger charge is -2.17. The number of hydrogen-bond donors (Lipinski definition) is 1. The van der Waals surface area contributed by atoms with Crippen molar-refractivity contribution in [1.82, 2.24) is 0 Å². The average Bonchev–Trinajstić information content (AvgIpc) is 2.59. The van der Waals surface area contributed by atoms with E-state index in [4.69, 9.17) is 5.73 Å². The molecule has 0 amide bonds. The molecule has 2 atom stereocenters. The van der Waals surface area contributed by atoms with E-state index < -0.39 is 0 Å². The molecule has 1 aromatic rings. The zero-order chi connectivity index (χ0) is 11.7. The van der Waals surface area contributed by atoms with Crippen molar-refractivity contribution in [3.8, 4) is 0 Å². The number of anilines is 1. The Labute approximate surface area is 94.0 Å². The molecule has 0 aromatic heterocycles. The third kappa shape index (κ3) is 1.99. The highest BCUT2D eigenvalue weighted by Gasteiger charge is 2.27. The molecule has 2 rings (SSSR count). The second-order valence-corrected chi connectivity index (χ2v) is 4.32. The highest BCUT2D eigenvalue weighted by molar-refractivity contribution is 5.54. The van der Waals surface area contributed by atoms with Crippen LogP contribution in [0.4, 0.5) is 11.4 Å². The van der Waals surface area contributed by atoms with Crippen molar-refractivity contribution in [2.24, 2.45) is 11.7 Å². The molecular weight excluding hydrogens is 206 g/mol. The standard InChI is InChI=1S/C11H15N3O2/c1-8-6-13(7-11(8)12)9-3-2-4-10(5-9)14(15)16/h2-5,8,11H,6-7,12H2,1H3. The van der Waals surface area contributed by atoms with Gasteiger partial charge in [0.05, 0.1) is 4.92 Å². The topological polar surface area (TPSA) is 72.4 Å². The minimum absolute atomic E-state index is 0.130. The first-order valence-electron chi connectivity index (χ1n) is 5.33. The maximum atomic E-state index is 10.7. The Morgan fingerprint density at radius 2 is 2.25 bits per heavy atom. The Balaban J connectivity index is 2.21. The van der Waals surface area contributed by atoms with Gasteiger partial charge in [-0.15, -0.1) is 0 Å². The van der Waals surface area contributed by atoms with E-state index in [-0.39, 0.29) is 16.7 Å². The van der Waals surface area contributed by atoms with Gasteiger partial charge in [0.1, 0.15) is 0 Å². The first-order chi connectivity index (χ1) is 7.58. The molecule has 86 valence electrons. The zero-order valence-corrected chi connectivity index (χ0v) is 9.17. The van der Waals surface area contributed by atoms with Gasteiger partial charge >= 0.3 is 0 Å². The van der Waals surface area contributed by atoms with Gasteiger partial charge < -0.3 is 10.6 Å². The first-order valence-corrected chi connectivity index (χ1v) is 5.33. The Morgan fingerprint density at radius 1 is 1.50 bits per heavy atom. The van der Waals surface area contributed by atoms with E-state index in [2.05, 4.69) is 11.8 Å². The van der Waals surface area contributed by atoms with Crippen LogP contribution in [0.1, 0.15) is 6.92 Å². The van der Waals surface area contributed by atoms with Crippen molar-refractivity contribution in [1.29, 1.82) is 0 Å². The van der Waals surface area contributed by atoms with Gasteiger partial charge in [-0.3, -0.25) is 10.1 Å². The molecule has 1 saturated heterocycles. The predicted molar refractivity (Wildman–Crippen MR) is 62.4 cm³/mol. The summed E-state index contributed by atoms with van der Waals surface area (Å²) in [6, 6.07) is 6.85. The van der Waals surface area contributed by atoms with Crippen LogP contribution in [-0.4, -0.2) is 24.1 Å². The fourth-order valence-electron chi connectivity index (χ4n) is 2.01. The van der Waals surface area contributed by atoms with Crippen molar-refractivity contribution in [3.63, 3.8) is 0 Å². The van der Waals surface area contributed by atoms with Crippen LogP contribution in [0.25, 0.3) is 0 Å². The molecule has 1 fully saturated rings. The molecule has 1 heterocycles. The van der Waals surface area contributed by atoms with Gasteiger partial charge in [-0.2, -0.15) is 0 Å². The fraction of sp³-hybridized carbons (Fsp3) is 0.455. The van der Waals surface area contributed by atoms with E-state index in [1.54, 1.807) is 12.1 Å². The summed E-state index contributed by atoms with van der Waals surface area (Å²) >= 11 is 0. The summed E-state index contributed by atoms with van der Waals surface area (Å²) in [5.74, 6) is 0.430. The van der Waals surface area contributed by atoms with E-state index in [1.807, 2.05) is 6.07 Å². The fourth-order valence-corrected chi connectivity index (χ4v) is 2.01. The lowest BCUT2D eigenvalue weighted by atomic mass is 10.1. The van der Waals surface area contributed by atoms with Gasteiger partial charge in [0.2, 0.25) is 0 Å². The van der Waals surface area contributed by atoms with Gasteiger partial charge in [0.15, 0.2) is 0 Å². The minimum atomic E-state index is -0.372. The number of benzene rings is 1. The smallest absolute Gasteiger partial charge is 0.271 e. The highest BCUT2D eigenvalue weighted by atomic mass is 16.6. The summed E-state index contributed by atoms with van der Waals surface area (Å²) in [6.45, 7) is 3.73. The van der Waals surface area contributed by atoms with E-state index in [0.29, 0.717) is 5.92 Å². The Bertz CT molecular complexity index is 398. The van der Waals surface area contributed by atoms with Gasteiger partial charge in [-0.05, 0) is 12.0 Å². The second-order valence-electron chi connectivity index (χ2n) is 4.32. The number of hydrogen-bond acceptors (Lipinski definition) is 4. The molecule has 0 aliphatic carbocycles. The third-order valence-electron chi connectivity index (χ3n) is 3.08. The summed E-state index contributed by atoms with van der Waals surface area (Å²) in [4.78, 5) is 12.4. The van der Waals surface area contributed by atoms with Crippen molar-refractivity contribution < 1.29 is 4.92 Å². The Hall–Kier alpha value is -1.62. The predicted octanol–water partition coefficient (Wildman–Crippen LogP) is 1.38. The number of nitrogens with zero attached hydrogens (tertiary/aromatic N) is 2. The maximum absolute atomic E-state index is 10.7. The molecule has 1 aliphatic rings. The van der Waals surface area contributed by atoms with E-state index >= 15 is 0 Å². The third-order valence-corrected chi connectivity index (χ3v) is 3.08. The normalized spacial score (nSPS) is 24.8.